The summed E-state index contributed by atoms with van der Waals surface area (Å²) < 4.78 is 11.1. The van der Waals surface area contributed by atoms with Gasteiger partial charge >= 0.3 is 0 Å². The van der Waals surface area contributed by atoms with E-state index in [1.165, 1.54) is 0 Å². The zero-order valence-corrected chi connectivity index (χ0v) is 9.15. The number of hydrogen-bond donors (Lipinski definition) is 1. The first-order valence-electron chi connectivity index (χ1n) is 3.09. The molecular weight excluding hydrogens is 169 g/mol. The molecule has 0 saturated carbocycles. The Kier molecular flexibility index (Phi) is 3.28. The third-order valence-corrected chi connectivity index (χ3v) is 2.78. The van der Waals surface area contributed by atoms with Crippen LogP contribution in [0.3, 0.4) is 0 Å². The third kappa shape index (κ3) is 1.73. The Morgan fingerprint density at radius 2 is 2.09 bits per heavy atom. The second-order valence-corrected chi connectivity index (χ2v) is 3.58. The Morgan fingerprint density at radius 3 is 2.82 bits per heavy atom. The molecule has 2 nitrogen and oxygen atoms in total. The molecule has 0 bridgehead atoms. The summed E-state index contributed by atoms with van der Waals surface area (Å²) in [4.78, 5) is 0.933. The Bertz CT molecular complexity index is 256. The Labute approximate surface area is 90.8 Å². The number of anilines is 1. The van der Waals surface area contributed by atoms with E-state index >= 15 is 0 Å². The maximum absolute atomic E-state index is 11.1. The molecule has 0 spiro atoms. The van der Waals surface area contributed by atoms with Crippen molar-refractivity contribution >= 4 is 46.4 Å². The minimum Gasteiger partial charge on any atom is -0.610 e. The van der Waals surface area contributed by atoms with E-state index in [1.54, 1.807) is 0 Å². The van der Waals surface area contributed by atoms with Gasteiger partial charge in [0.1, 0.15) is 0 Å². The van der Waals surface area contributed by atoms with Crippen molar-refractivity contribution in [3.05, 3.63) is 24.3 Å². The van der Waals surface area contributed by atoms with Crippen LogP contribution in [0.25, 0.3) is 0 Å². The molecular formula is C7H7NNaOS. The summed E-state index contributed by atoms with van der Waals surface area (Å²) in [6.45, 7) is 0. The predicted molar refractivity (Wildman–Crippen MR) is 47.1 cm³/mol. The maximum Gasteiger partial charge on any atom is 0.181 e. The van der Waals surface area contributed by atoms with Gasteiger partial charge in [-0.25, -0.2) is 0 Å². The quantitative estimate of drug-likeness (QED) is 0.468. The van der Waals surface area contributed by atoms with Crippen molar-refractivity contribution in [1.29, 1.82) is 0 Å². The van der Waals surface area contributed by atoms with E-state index in [4.69, 9.17) is 0 Å². The van der Waals surface area contributed by atoms with Crippen molar-refractivity contribution in [2.75, 3.05) is 11.2 Å². The molecule has 4 heteroatoms. The first-order valence-corrected chi connectivity index (χ1v) is 4.41. The molecule has 1 heterocycles. The van der Waals surface area contributed by atoms with E-state index in [2.05, 4.69) is 5.32 Å². The molecule has 1 aliphatic heterocycles. The fourth-order valence-electron chi connectivity index (χ4n) is 1.03. The Balaban J connectivity index is 0.000000605. The SMILES string of the molecule is [Na].[O-][S+]1CNc2ccccc21. The van der Waals surface area contributed by atoms with E-state index in [9.17, 15) is 4.55 Å². The third-order valence-electron chi connectivity index (χ3n) is 1.53. The molecule has 1 radical (unpaired) electrons. The molecule has 11 heavy (non-hydrogen) atoms. The predicted octanol–water partition coefficient (Wildman–Crippen LogP) is 0.796. The van der Waals surface area contributed by atoms with Gasteiger partial charge in [-0.15, -0.1) is 0 Å². The van der Waals surface area contributed by atoms with Gasteiger partial charge in [0, 0.05) is 40.7 Å². The van der Waals surface area contributed by atoms with Crippen molar-refractivity contribution in [2.24, 2.45) is 0 Å². The molecule has 1 unspecified atom stereocenters. The standard InChI is InChI=1S/C7H7NOS.Na/c9-10-5-8-6-3-1-2-4-7(6)10;/h1-4,8H,5H2;. The van der Waals surface area contributed by atoms with Crippen LogP contribution in [-0.4, -0.2) is 40.0 Å². The number of benzene rings is 1. The van der Waals surface area contributed by atoms with Gasteiger partial charge in [-0.05, 0) is 12.1 Å². The van der Waals surface area contributed by atoms with E-state index < -0.39 is 11.2 Å². The molecule has 0 aromatic heterocycles. The normalized spacial score (nSPS) is 19.9. The summed E-state index contributed by atoms with van der Waals surface area (Å²) in [5.74, 6) is 0.569. The van der Waals surface area contributed by atoms with Gasteiger partial charge in [0.15, 0.2) is 10.8 Å². The van der Waals surface area contributed by atoms with Crippen LogP contribution < -0.4 is 5.32 Å². The summed E-state index contributed by atoms with van der Waals surface area (Å²) in [6, 6.07) is 7.68. The van der Waals surface area contributed by atoms with E-state index in [0.29, 0.717) is 5.88 Å². The van der Waals surface area contributed by atoms with Gasteiger partial charge in [-0.2, -0.15) is 0 Å². The average molecular weight is 176 g/mol. The van der Waals surface area contributed by atoms with Gasteiger partial charge < -0.3 is 9.87 Å². The van der Waals surface area contributed by atoms with Gasteiger partial charge in [0.05, 0.1) is 5.69 Å². The molecule has 0 aliphatic carbocycles. The smallest absolute Gasteiger partial charge is 0.181 e. The monoisotopic (exact) mass is 176 g/mol. The van der Waals surface area contributed by atoms with Crippen molar-refractivity contribution in [1.82, 2.24) is 0 Å². The fourth-order valence-corrected chi connectivity index (χ4v) is 2.09. The summed E-state index contributed by atoms with van der Waals surface area (Å²) in [7, 11) is 0. The van der Waals surface area contributed by atoms with Crippen LogP contribution in [0.2, 0.25) is 0 Å². The summed E-state index contributed by atoms with van der Waals surface area (Å²) in [5, 5.41) is 3.05. The van der Waals surface area contributed by atoms with Gasteiger partial charge in [0.25, 0.3) is 0 Å². The molecule has 1 aromatic rings. The van der Waals surface area contributed by atoms with E-state index in [1.807, 2.05) is 24.3 Å². The number of fused-ring (bicyclic) bond motifs is 1. The van der Waals surface area contributed by atoms with Gasteiger partial charge in [-0.3, -0.25) is 0 Å². The summed E-state index contributed by atoms with van der Waals surface area (Å²) in [6.07, 6.45) is 0. The second kappa shape index (κ2) is 3.83. The first kappa shape index (κ1) is 9.42. The van der Waals surface area contributed by atoms with E-state index in [-0.39, 0.29) is 29.6 Å². The molecule has 0 amide bonds. The second-order valence-electron chi connectivity index (χ2n) is 2.16. The van der Waals surface area contributed by atoms with Crippen LogP contribution in [0.15, 0.2) is 29.2 Å². The van der Waals surface area contributed by atoms with Crippen LogP contribution in [-0.2, 0) is 11.2 Å². The van der Waals surface area contributed by atoms with Crippen molar-refractivity contribution in [3.63, 3.8) is 0 Å². The zero-order valence-electron chi connectivity index (χ0n) is 6.33. The molecule has 1 aromatic carbocycles. The van der Waals surface area contributed by atoms with Crippen molar-refractivity contribution < 1.29 is 4.55 Å². The van der Waals surface area contributed by atoms with Crippen LogP contribution in [0.5, 0.6) is 0 Å². The van der Waals surface area contributed by atoms with Crippen molar-refractivity contribution in [2.45, 2.75) is 4.90 Å². The Hall–Kier alpha value is 0.330. The van der Waals surface area contributed by atoms with E-state index in [0.717, 1.165) is 10.6 Å². The van der Waals surface area contributed by atoms with Crippen molar-refractivity contribution in [3.8, 4) is 0 Å². The summed E-state index contributed by atoms with van der Waals surface area (Å²) in [5.41, 5.74) is 1.01. The Morgan fingerprint density at radius 1 is 1.36 bits per heavy atom. The molecule has 1 N–H and O–H groups in total. The number of nitrogens with one attached hydrogen (secondary N) is 1. The van der Waals surface area contributed by atoms with Crippen LogP contribution in [0, 0.1) is 0 Å². The van der Waals surface area contributed by atoms with Crippen LogP contribution in [0.1, 0.15) is 0 Å². The molecule has 1 aliphatic rings. The van der Waals surface area contributed by atoms with Gasteiger partial charge in [-0.1, -0.05) is 12.1 Å². The average Bonchev–Trinajstić information content (AvgIpc) is 2.34. The first-order chi connectivity index (χ1) is 4.88. The van der Waals surface area contributed by atoms with Gasteiger partial charge in [0.2, 0.25) is 0 Å². The molecule has 0 saturated heterocycles. The molecule has 0 fully saturated rings. The topological polar surface area (TPSA) is 35.1 Å². The number of hydrogen-bond acceptors (Lipinski definition) is 2. The van der Waals surface area contributed by atoms with Crippen LogP contribution in [0.4, 0.5) is 5.69 Å². The number of para-hydroxylation sites is 1. The summed E-state index contributed by atoms with van der Waals surface area (Å²) >= 11 is -0.809. The molecule has 2 rings (SSSR count). The molecule has 1 atom stereocenters. The molecule has 53 valence electrons. The van der Waals surface area contributed by atoms with Crippen LogP contribution >= 0.6 is 0 Å². The zero-order chi connectivity index (χ0) is 6.97. The fraction of sp³-hybridized carbons (Fsp3) is 0.143. The maximum atomic E-state index is 11.1. The minimum atomic E-state index is -0.809. The number of rotatable bonds is 0. The minimum absolute atomic E-state index is 0. The largest absolute Gasteiger partial charge is 0.610 e.